The fourth-order valence-electron chi connectivity index (χ4n) is 1.36. The Morgan fingerprint density at radius 1 is 1.28 bits per heavy atom. The van der Waals surface area contributed by atoms with Gasteiger partial charge in [-0.2, -0.15) is 0 Å². The maximum atomic E-state index is 11.7. The van der Waals surface area contributed by atoms with Gasteiger partial charge in [0.2, 0.25) is 5.91 Å². The van der Waals surface area contributed by atoms with Gasteiger partial charge >= 0.3 is 0 Å². The predicted molar refractivity (Wildman–Crippen MR) is 76.1 cm³/mol. The molecule has 0 saturated heterocycles. The Kier molecular flexibility index (Phi) is 5.34. The summed E-state index contributed by atoms with van der Waals surface area (Å²) in [5.41, 5.74) is 1.29. The van der Waals surface area contributed by atoms with E-state index >= 15 is 0 Å². The maximum Gasteiger partial charge on any atom is 0.253 e. The summed E-state index contributed by atoms with van der Waals surface area (Å²) < 4.78 is 0. The molecular formula is C13H17BrN2O2. The molecule has 0 spiro atoms. The van der Waals surface area contributed by atoms with Crippen LogP contribution in [-0.2, 0) is 4.79 Å². The van der Waals surface area contributed by atoms with Crippen LogP contribution in [-0.4, -0.2) is 35.6 Å². The van der Waals surface area contributed by atoms with Crippen LogP contribution in [0.2, 0.25) is 0 Å². The Hall–Kier alpha value is -1.36. The number of rotatable bonds is 4. The SMILES string of the molecule is CCC(Br)C(=O)Nc1ccc(C(=O)N(C)C)cc1. The number of nitrogens with zero attached hydrogens (tertiary/aromatic N) is 1. The van der Waals surface area contributed by atoms with Gasteiger partial charge in [0.1, 0.15) is 0 Å². The van der Waals surface area contributed by atoms with Crippen molar-refractivity contribution in [3.05, 3.63) is 29.8 Å². The van der Waals surface area contributed by atoms with Crippen LogP contribution < -0.4 is 5.32 Å². The van der Waals surface area contributed by atoms with Gasteiger partial charge in [-0.1, -0.05) is 22.9 Å². The van der Waals surface area contributed by atoms with Crippen molar-refractivity contribution in [2.45, 2.75) is 18.2 Å². The second-order valence-electron chi connectivity index (χ2n) is 4.14. The first-order valence-electron chi connectivity index (χ1n) is 5.72. The zero-order valence-electron chi connectivity index (χ0n) is 10.7. The van der Waals surface area contributed by atoms with Crippen LogP contribution in [0, 0.1) is 0 Å². The average molecular weight is 313 g/mol. The van der Waals surface area contributed by atoms with Crippen LogP contribution in [0.25, 0.3) is 0 Å². The summed E-state index contributed by atoms with van der Waals surface area (Å²) in [5, 5.41) is 2.78. The van der Waals surface area contributed by atoms with Crippen LogP contribution >= 0.6 is 15.9 Å². The van der Waals surface area contributed by atoms with E-state index in [2.05, 4.69) is 21.2 Å². The third kappa shape index (κ3) is 3.84. The topological polar surface area (TPSA) is 49.4 Å². The van der Waals surface area contributed by atoms with Gasteiger partial charge in [0.05, 0.1) is 4.83 Å². The predicted octanol–water partition coefficient (Wildman–Crippen LogP) is 2.50. The van der Waals surface area contributed by atoms with Crippen molar-refractivity contribution in [1.29, 1.82) is 0 Å². The molecule has 1 unspecified atom stereocenters. The van der Waals surface area contributed by atoms with E-state index in [1.165, 1.54) is 4.90 Å². The Morgan fingerprint density at radius 3 is 2.28 bits per heavy atom. The van der Waals surface area contributed by atoms with Crippen molar-refractivity contribution in [2.24, 2.45) is 0 Å². The highest BCUT2D eigenvalue weighted by Gasteiger charge is 2.13. The Bertz CT molecular complexity index is 429. The molecule has 98 valence electrons. The molecule has 2 amide bonds. The fraction of sp³-hybridized carbons (Fsp3) is 0.385. The second-order valence-corrected chi connectivity index (χ2v) is 5.25. The van der Waals surface area contributed by atoms with Crippen LogP contribution in [0.5, 0.6) is 0 Å². The van der Waals surface area contributed by atoms with Gasteiger partial charge in [-0.25, -0.2) is 0 Å². The first kappa shape index (κ1) is 14.7. The third-order valence-electron chi connectivity index (χ3n) is 2.45. The Morgan fingerprint density at radius 2 is 1.83 bits per heavy atom. The largest absolute Gasteiger partial charge is 0.345 e. The zero-order valence-corrected chi connectivity index (χ0v) is 12.3. The lowest BCUT2D eigenvalue weighted by molar-refractivity contribution is -0.115. The number of nitrogens with one attached hydrogen (secondary N) is 1. The lowest BCUT2D eigenvalue weighted by Gasteiger charge is -2.11. The normalized spacial score (nSPS) is 11.8. The smallest absolute Gasteiger partial charge is 0.253 e. The first-order valence-corrected chi connectivity index (χ1v) is 6.64. The molecule has 0 bridgehead atoms. The highest BCUT2D eigenvalue weighted by atomic mass is 79.9. The summed E-state index contributed by atoms with van der Waals surface area (Å²) in [6.07, 6.45) is 0.725. The van der Waals surface area contributed by atoms with Crippen LogP contribution in [0.15, 0.2) is 24.3 Å². The minimum absolute atomic E-state index is 0.0557. The molecule has 1 atom stereocenters. The van der Waals surface area contributed by atoms with Gasteiger partial charge in [0, 0.05) is 25.3 Å². The number of hydrogen-bond acceptors (Lipinski definition) is 2. The lowest BCUT2D eigenvalue weighted by Crippen LogP contribution is -2.23. The zero-order chi connectivity index (χ0) is 13.7. The molecule has 1 aromatic carbocycles. The minimum atomic E-state index is -0.194. The first-order chi connectivity index (χ1) is 8.45. The minimum Gasteiger partial charge on any atom is -0.345 e. The van der Waals surface area contributed by atoms with Crippen molar-refractivity contribution in [3.8, 4) is 0 Å². The Labute approximate surface area is 115 Å². The van der Waals surface area contributed by atoms with Crippen molar-refractivity contribution >= 4 is 33.4 Å². The quantitative estimate of drug-likeness (QED) is 0.868. The monoisotopic (exact) mass is 312 g/mol. The van der Waals surface area contributed by atoms with Crippen molar-refractivity contribution in [3.63, 3.8) is 0 Å². The van der Waals surface area contributed by atoms with Crippen molar-refractivity contribution in [1.82, 2.24) is 4.90 Å². The summed E-state index contributed by atoms with van der Waals surface area (Å²) in [6, 6.07) is 6.86. The summed E-state index contributed by atoms with van der Waals surface area (Å²) >= 11 is 3.28. The molecule has 0 radical (unpaired) electrons. The van der Waals surface area contributed by atoms with E-state index in [4.69, 9.17) is 0 Å². The van der Waals surface area contributed by atoms with Gasteiger partial charge in [-0.05, 0) is 30.7 Å². The van der Waals surface area contributed by atoms with E-state index in [9.17, 15) is 9.59 Å². The molecule has 1 aromatic rings. The van der Waals surface area contributed by atoms with E-state index < -0.39 is 0 Å². The number of amides is 2. The number of carbonyl (C=O) groups excluding carboxylic acids is 2. The summed E-state index contributed by atoms with van der Waals surface area (Å²) in [5.74, 6) is -0.135. The van der Waals surface area contributed by atoms with E-state index in [-0.39, 0.29) is 16.6 Å². The maximum absolute atomic E-state index is 11.7. The lowest BCUT2D eigenvalue weighted by atomic mass is 10.2. The number of halogens is 1. The molecule has 5 heteroatoms. The molecule has 1 rings (SSSR count). The number of anilines is 1. The third-order valence-corrected chi connectivity index (χ3v) is 3.51. The second kappa shape index (κ2) is 6.54. The molecular weight excluding hydrogens is 296 g/mol. The highest BCUT2D eigenvalue weighted by molar-refractivity contribution is 9.10. The molecule has 18 heavy (non-hydrogen) atoms. The van der Waals surface area contributed by atoms with Crippen molar-refractivity contribution < 1.29 is 9.59 Å². The standard InChI is InChI=1S/C13H17BrN2O2/c1-4-11(14)12(17)15-10-7-5-9(6-8-10)13(18)16(2)3/h5-8,11H,4H2,1-3H3,(H,15,17). The fourth-order valence-corrected chi connectivity index (χ4v) is 1.47. The molecule has 0 saturated carbocycles. The van der Waals surface area contributed by atoms with Gasteiger partial charge in [-0.15, -0.1) is 0 Å². The molecule has 0 aromatic heterocycles. The molecule has 0 heterocycles. The Balaban J connectivity index is 2.72. The van der Waals surface area contributed by atoms with Crippen LogP contribution in [0.1, 0.15) is 23.7 Å². The molecule has 0 aliphatic rings. The van der Waals surface area contributed by atoms with E-state index in [0.29, 0.717) is 11.3 Å². The van der Waals surface area contributed by atoms with Crippen molar-refractivity contribution in [2.75, 3.05) is 19.4 Å². The number of carbonyl (C=O) groups is 2. The number of hydrogen-bond donors (Lipinski definition) is 1. The summed E-state index contributed by atoms with van der Waals surface area (Å²) in [7, 11) is 3.41. The number of benzene rings is 1. The molecule has 0 aliphatic heterocycles. The molecule has 0 fully saturated rings. The van der Waals surface area contributed by atoms with Gasteiger partial charge in [0.25, 0.3) is 5.91 Å². The van der Waals surface area contributed by atoms with E-state index in [1.807, 2.05) is 6.92 Å². The molecule has 4 nitrogen and oxygen atoms in total. The molecule has 0 aliphatic carbocycles. The van der Waals surface area contributed by atoms with Gasteiger partial charge < -0.3 is 10.2 Å². The summed E-state index contributed by atoms with van der Waals surface area (Å²) in [6.45, 7) is 1.93. The van der Waals surface area contributed by atoms with E-state index in [1.54, 1.807) is 38.4 Å². The van der Waals surface area contributed by atoms with Gasteiger partial charge in [0.15, 0.2) is 0 Å². The van der Waals surface area contributed by atoms with Crippen LogP contribution in [0.4, 0.5) is 5.69 Å². The van der Waals surface area contributed by atoms with E-state index in [0.717, 1.165) is 6.42 Å². The number of alkyl halides is 1. The molecule has 1 N–H and O–H groups in total. The average Bonchev–Trinajstić information content (AvgIpc) is 2.37. The van der Waals surface area contributed by atoms with Crippen LogP contribution in [0.3, 0.4) is 0 Å². The summed E-state index contributed by atoms with van der Waals surface area (Å²) in [4.78, 5) is 24.6. The van der Waals surface area contributed by atoms with Gasteiger partial charge in [-0.3, -0.25) is 9.59 Å². The highest BCUT2D eigenvalue weighted by Crippen LogP contribution is 2.13.